The zero-order chi connectivity index (χ0) is 36.1. The van der Waals surface area contributed by atoms with Crippen molar-refractivity contribution in [3.8, 4) is 0 Å². The molecule has 0 saturated carbocycles. The second kappa shape index (κ2) is 19.9. The fourth-order valence-corrected chi connectivity index (χ4v) is 6.30. The van der Waals surface area contributed by atoms with Gasteiger partial charge in [-0.25, -0.2) is 4.79 Å². The Hall–Kier alpha value is -3.17. The van der Waals surface area contributed by atoms with Gasteiger partial charge in [-0.3, -0.25) is 4.99 Å². The smallest absolute Gasteiger partial charge is 0.337 e. The van der Waals surface area contributed by atoms with Gasteiger partial charge in [-0.2, -0.15) is 0 Å². The second-order valence-electron chi connectivity index (χ2n) is 12.1. The van der Waals surface area contributed by atoms with E-state index in [4.69, 9.17) is 34.5 Å². The second-order valence-corrected chi connectivity index (χ2v) is 12.1. The van der Waals surface area contributed by atoms with Crippen molar-refractivity contribution in [1.82, 2.24) is 5.32 Å². The third-order valence-electron chi connectivity index (χ3n) is 8.83. The lowest BCUT2D eigenvalue weighted by Gasteiger charge is -2.44. The van der Waals surface area contributed by atoms with E-state index in [0.717, 1.165) is 4.90 Å². The van der Waals surface area contributed by atoms with Gasteiger partial charge in [0.15, 0.2) is 19.0 Å². The topological polar surface area (TPSA) is 276 Å². The van der Waals surface area contributed by atoms with Crippen LogP contribution in [0.1, 0.15) is 6.42 Å². The van der Waals surface area contributed by atoms with Crippen LogP contribution in [-0.2, 0) is 33.3 Å². The van der Waals surface area contributed by atoms with Gasteiger partial charge in [-0.05, 0) is 6.42 Å². The standard InChI is InChI=1S/C31H51N5O13/c1-4-18-19(7-6-17-12-36(9-11-38)13-20(27(42)43)23(17)35-31(32)34-8-5-10-37)21(28(44)45-3)15-46-29(18)49-30-26(47-16-33-2)25(41)24(40)22(14-39)48-30/h4,6-7,15,17-20,22-26,29-30,33,37-41H,1,5,8-14,16H2,2-3H3,(H,42,43)(H3,32,34,35)/p+1/t17?,18-,19+,20?,22-,23?,24-,25+,26+,29-,30+/m1/s1. The van der Waals surface area contributed by atoms with E-state index in [9.17, 15) is 35.1 Å². The van der Waals surface area contributed by atoms with E-state index < -0.39 is 85.3 Å². The number of carbonyl (C=O) groups is 2. The van der Waals surface area contributed by atoms with Gasteiger partial charge in [-0.1, -0.05) is 18.2 Å². The van der Waals surface area contributed by atoms with Crippen molar-refractivity contribution >= 4 is 17.9 Å². The van der Waals surface area contributed by atoms with Crippen molar-refractivity contribution in [3.05, 3.63) is 36.6 Å². The normalized spacial score (nSPS) is 35.3. The van der Waals surface area contributed by atoms with E-state index in [0.29, 0.717) is 13.0 Å². The number of hydrogen-bond donors (Lipinski definition) is 9. The first kappa shape index (κ1) is 40.3. The number of carboxylic acids is 1. The number of esters is 1. The molecule has 2 fully saturated rings. The zero-order valence-corrected chi connectivity index (χ0v) is 27.8. The molecule has 3 aliphatic heterocycles. The van der Waals surface area contributed by atoms with Crippen molar-refractivity contribution in [3.63, 3.8) is 0 Å². The Bertz CT molecular complexity index is 1170. The minimum Gasteiger partial charge on any atom is -0.550 e. The van der Waals surface area contributed by atoms with Crippen LogP contribution in [0.5, 0.6) is 0 Å². The summed E-state index contributed by atoms with van der Waals surface area (Å²) in [5.74, 6) is -5.16. The molecular weight excluding hydrogens is 650 g/mol. The Morgan fingerprint density at radius 2 is 1.96 bits per heavy atom. The molecule has 2 saturated heterocycles. The fourth-order valence-electron chi connectivity index (χ4n) is 6.30. The van der Waals surface area contributed by atoms with Crippen LogP contribution in [0.3, 0.4) is 0 Å². The summed E-state index contributed by atoms with van der Waals surface area (Å²) < 4.78 is 28.5. The Morgan fingerprint density at radius 1 is 1.20 bits per heavy atom. The van der Waals surface area contributed by atoms with E-state index in [2.05, 4.69) is 16.9 Å². The summed E-state index contributed by atoms with van der Waals surface area (Å²) >= 11 is 0. The molecular formula is C31H52N5O13+. The molecule has 0 amide bonds. The lowest BCUT2D eigenvalue weighted by Crippen LogP contribution is -3.16. The van der Waals surface area contributed by atoms with E-state index in [1.54, 1.807) is 24.5 Å². The number of quaternary nitrogens is 2. The van der Waals surface area contributed by atoms with Crippen molar-refractivity contribution in [2.75, 3.05) is 66.9 Å². The number of likely N-dealkylation sites (tertiary alicyclic amines) is 1. The highest BCUT2D eigenvalue weighted by atomic mass is 16.8. The molecule has 0 aromatic rings. The molecule has 18 nitrogen and oxygen atoms in total. The van der Waals surface area contributed by atoms with Gasteiger partial charge in [0.25, 0.3) is 0 Å². The van der Waals surface area contributed by atoms with Gasteiger partial charge in [-0.15, -0.1) is 6.58 Å². The van der Waals surface area contributed by atoms with Crippen LogP contribution in [0.25, 0.3) is 0 Å². The van der Waals surface area contributed by atoms with Crippen LogP contribution in [0.2, 0.25) is 0 Å². The number of aliphatic hydroxyl groups excluding tert-OH is 5. The molecule has 0 radical (unpaired) electrons. The number of piperidine rings is 1. The number of rotatable bonds is 17. The van der Waals surface area contributed by atoms with E-state index >= 15 is 0 Å². The molecule has 278 valence electrons. The number of aliphatic hydroxyl groups is 5. The first-order chi connectivity index (χ1) is 23.5. The summed E-state index contributed by atoms with van der Waals surface area (Å²) in [6, 6.07) is -0.784. The molecule has 0 spiro atoms. The average Bonchev–Trinajstić information content (AvgIpc) is 3.09. The summed E-state index contributed by atoms with van der Waals surface area (Å²) in [4.78, 5) is 30.3. The molecule has 0 aromatic carbocycles. The number of allylic oxidation sites excluding steroid dienone is 1. The van der Waals surface area contributed by atoms with Crippen LogP contribution < -0.4 is 26.4 Å². The molecule has 18 heteroatoms. The summed E-state index contributed by atoms with van der Waals surface area (Å²) in [7, 11) is 2.94. The number of guanidine groups is 1. The third kappa shape index (κ3) is 10.4. The van der Waals surface area contributed by atoms with Gasteiger partial charge in [0.2, 0.25) is 6.29 Å². The number of nitrogens with two attached hydrogens (primary N) is 2. The van der Waals surface area contributed by atoms with Gasteiger partial charge >= 0.3 is 5.97 Å². The number of methoxy groups -OCH3 is 1. The predicted molar refractivity (Wildman–Crippen MR) is 167 cm³/mol. The number of nitrogens with zero attached hydrogens (tertiary/aromatic N) is 1. The molecule has 3 rings (SSSR count). The Labute approximate surface area is 284 Å². The quantitative estimate of drug-likeness (QED) is 0.0170. The molecule has 0 bridgehead atoms. The number of nitrogens with one attached hydrogen (secondary N) is 2. The first-order valence-electron chi connectivity index (χ1n) is 16.3. The van der Waals surface area contributed by atoms with Crippen molar-refractivity contribution in [2.24, 2.45) is 34.4 Å². The first-order valence-corrected chi connectivity index (χ1v) is 16.3. The monoisotopic (exact) mass is 702 g/mol. The number of aliphatic carboxylic acids is 1. The maximum absolute atomic E-state index is 12.9. The lowest BCUT2D eigenvalue weighted by atomic mass is 9.79. The maximum atomic E-state index is 12.9. The van der Waals surface area contributed by atoms with Crippen LogP contribution >= 0.6 is 0 Å². The Morgan fingerprint density at radius 3 is 2.57 bits per heavy atom. The molecule has 3 aliphatic rings. The van der Waals surface area contributed by atoms with Crippen molar-refractivity contribution in [2.45, 2.75) is 49.5 Å². The van der Waals surface area contributed by atoms with Gasteiger partial charge in [0, 0.05) is 25.0 Å². The predicted octanol–water partition coefficient (Wildman–Crippen LogP) is -7.11. The summed E-state index contributed by atoms with van der Waals surface area (Å²) in [5, 5.41) is 66.7. The van der Waals surface area contributed by atoms with E-state index in [-0.39, 0.29) is 51.1 Å². The Kier molecular flexibility index (Phi) is 16.3. The fraction of sp³-hybridized carbons (Fsp3) is 0.710. The summed E-state index contributed by atoms with van der Waals surface area (Å²) in [6.07, 6.45) is -1.32. The molecule has 0 aromatic heterocycles. The van der Waals surface area contributed by atoms with E-state index in [1.807, 2.05) is 0 Å². The van der Waals surface area contributed by atoms with E-state index in [1.165, 1.54) is 19.4 Å². The number of ether oxygens (including phenoxy) is 5. The van der Waals surface area contributed by atoms with Crippen LogP contribution in [0.15, 0.2) is 41.6 Å². The lowest BCUT2D eigenvalue weighted by molar-refractivity contribution is -0.911. The SMILES string of the molecule is C=C[C@H]1[C@@H](O[C@@H]2O[C@H](CO)[C@@H](O)[C@H](O)[C@@H]2OC[NH2+]C)OC=C(C(=O)OC)[C@H]1C=CC1C[NH+](CCO)CC(C(=O)[O-])C1NC(N)=NCCCO. The highest BCUT2D eigenvalue weighted by Gasteiger charge is 2.49. The number of carboxylic acid groups (broad SMARTS) is 1. The zero-order valence-electron chi connectivity index (χ0n) is 27.8. The highest BCUT2D eigenvalue weighted by molar-refractivity contribution is 5.89. The molecule has 49 heavy (non-hydrogen) atoms. The summed E-state index contributed by atoms with van der Waals surface area (Å²) in [6.45, 7) is 4.17. The summed E-state index contributed by atoms with van der Waals surface area (Å²) in [5.41, 5.74) is 6.20. The van der Waals surface area contributed by atoms with Gasteiger partial charge in [0.1, 0.15) is 31.0 Å². The Balaban J connectivity index is 1.98. The number of aliphatic imine (C=N–C) groups is 1. The van der Waals surface area contributed by atoms with Crippen molar-refractivity contribution < 1.29 is 74.1 Å². The van der Waals surface area contributed by atoms with Gasteiger partial charge < -0.3 is 80.4 Å². The maximum Gasteiger partial charge on any atom is 0.337 e. The number of hydrogen-bond acceptors (Lipinski definition) is 14. The van der Waals surface area contributed by atoms with Crippen LogP contribution in [0.4, 0.5) is 0 Å². The minimum absolute atomic E-state index is 0.00855. The molecule has 11 N–H and O–H groups in total. The average molecular weight is 703 g/mol. The largest absolute Gasteiger partial charge is 0.550 e. The van der Waals surface area contributed by atoms with Crippen LogP contribution in [-0.4, -0.2) is 153 Å². The molecule has 0 aliphatic carbocycles. The number of carbonyl (C=O) groups excluding carboxylic acids is 2. The van der Waals surface area contributed by atoms with Crippen LogP contribution in [0, 0.1) is 23.7 Å². The highest BCUT2D eigenvalue weighted by Crippen LogP contribution is 2.37. The minimum atomic E-state index is -1.48. The molecule has 3 heterocycles. The molecule has 4 unspecified atom stereocenters. The molecule has 12 atom stereocenters. The van der Waals surface area contributed by atoms with Crippen molar-refractivity contribution in [1.29, 1.82) is 0 Å². The third-order valence-corrected chi connectivity index (χ3v) is 8.83. The van der Waals surface area contributed by atoms with Gasteiger partial charge in [0.05, 0.1) is 76.1 Å².